The van der Waals surface area contributed by atoms with E-state index in [-0.39, 0.29) is 10.6 Å². The zero-order chi connectivity index (χ0) is 17.8. The summed E-state index contributed by atoms with van der Waals surface area (Å²) in [6.45, 7) is 4.01. The van der Waals surface area contributed by atoms with E-state index >= 15 is 0 Å². The lowest BCUT2D eigenvalue weighted by Gasteiger charge is -1.99. The van der Waals surface area contributed by atoms with Crippen LogP contribution in [-0.2, 0) is 0 Å². The van der Waals surface area contributed by atoms with E-state index in [9.17, 15) is 10.1 Å². The third-order valence-electron chi connectivity index (χ3n) is 3.93. The van der Waals surface area contributed by atoms with Crippen LogP contribution < -0.4 is 4.74 Å². The van der Waals surface area contributed by atoms with Gasteiger partial charge in [-0.1, -0.05) is 36.9 Å². The summed E-state index contributed by atoms with van der Waals surface area (Å²) in [5.74, 6) is 0.660. The van der Waals surface area contributed by atoms with Crippen molar-refractivity contribution < 1.29 is 9.66 Å². The van der Waals surface area contributed by atoms with E-state index in [0.717, 1.165) is 27.8 Å². The van der Waals surface area contributed by atoms with Gasteiger partial charge in [-0.25, -0.2) is 4.98 Å². The Kier molecular flexibility index (Phi) is 4.57. The van der Waals surface area contributed by atoms with Gasteiger partial charge in [0.25, 0.3) is 5.69 Å². The predicted molar refractivity (Wildman–Crippen MR) is 97.5 cm³/mol. The van der Waals surface area contributed by atoms with Gasteiger partial charge in [-0.15, -0.1) is 0 Å². The Labute approximate surface area is 145 Å². The minimum atomic E-state index is -0.378. The number of nitro groups is 1. The second kappa shape index (κ2) is 6.97. The lowest BCUT2D eigenvalue weighted by molar-refractivity contribution is -0.384. The fourth-order valence-corrected chi connectivity index (χ4v) is 2.72. The smallest absolute Gasteiger partial charge is 0.270 e. The van der Waals surface area contributed by atoms with Crippen LogP contribution in [0.2, 0.25) is 0 Å². The van der Waals surface area contributed by atoms with E-state index in [4.69, 9.17) is 4.74 Å². The third-order valence-corrected chi connectivity index (χ3v) is 3.93. The first-order chi connectivity index (χ1) is 12.1. The lowest BCUT2D eigenvalue weighted by atomic mass is 10.1. The van der Waals surface area contributed by atoms with Crippen LogP contribution in [0.1, 0.15) is 11.1 Å². The van der Waals surface area contributed by atoms with E-state index in [1.807, 2.05) is 36.4 Å². The molecule has 0 saturated carbocycles. The number of ether oxygens (including phenoxy) is 1. The van der Waals surface area contributed by atoms with Crippen molar-refractivity contribution in [2.75, 3.05) is 7.11 Å². The number of non-ortho nitro benzene ring substituents is 1. The number of hydrogen-bond donors (Lipinski definition) is 0. The van der Waals surface area contributed by atoms with Crippen molar-refractivity contribution >= 4 is 11.3 Å². The highest BCUT2D eigenvalue weighted by atomic mass is 16.6. The molecule has 0 aliphatic heterocycles. The fraction of sp³-hybridized carbons (Fsp3) is 0.0500. The molecule has 0 fully saturated rings. The Morgan fingerprint density at radius 1 is 0.960 bits per heavy atom. The minimum absolute atomic E-state index is 0.109. The fourth-order valence-electron chi connectivity index (χ4n) is 2.72. The van der Waals surface area contributed by atoms with Gasteiger partial charge in [0.2, 0.25) is 5.88 Å². The Morgan fingerprint density at radius 2 is 1.64 bits per heavy atom. The van der Waals surface area contributed by atoms with Gasteiger partial charge in [-0.05, 0) is 40.0 Å². The van der Waals surface area contributed by atoms with Gasteiger partial charge >= 0.3 is 0 Å². The molecule has 0 radical (unpaired) electrons. The van der Waals surface area contributed by atoms with Gasteiger partial charge in [0.05, 0.1) is 12.0 Å². The predicted octanol–water partition coefficient (Wildman–Crippen LogP) is 4.73. The number of benzene rings is 2. The summed E-state index contributed by atoms with van der Waals surface area (Å²) in [6.07, 6.45) is 1.69. The standard InChI is InChI=1S/C14H9NO2.C6H7NO/c1-9-11-4-2-3-5-12(11)13-7-6-10(15(16)17)8-14(9)13;1-8-6-4-2-3-5-7-6/h2-8H,1H2;2-5H,1H3. The molecule has 0 unspecified atom stereocenters. The molecule has 0 atom stereocenters. The number of aromatic nitrogens is 1. The molecule has 0 N–H and O–H groups in total. The van der Waals surface area contributed by atoms with E-state index in [0.29, 0.717) is 5.88 Å². The van der Waals surface area contributed by atoms with Crippen LogP contribution in [0.15, 0.2) is 73.4 Å². The van der Waals surface area contributed by atoms with Crippen molar-refractivity contribution in [3.05, 3.63) is 94.7 Å². The average molecular weight is 332 g/mol. The highest BCUT2D eigenvalue weighted by Gasteiger charge is 2.23. The van der Waals surface area contributed by atoms with Crippen LogP contribution in [0.4, 0.5) is 5.69 Å². The molecule has 5 nitrogen and oxygen atoms in total. The molecule has 0 saturated heterocycles. The summed E-state index contributed by atoms with van der Waals surface area (Å²) < 4.78 is 4.80. The zero-order valence-corrected chi connectivity index (χ0v) is 13.7. The van der Waals surface area contributed by atoms with Crippen molar-refractivity contribution in [3.8, 4) is 17.0 Å². The normalized spacial score (nSPS) is 11.0. The van der Waals surface area contributed by atoms with E-state index in [1.54, 1.807) is 31.5 Å². The molecule has 4 rings (SSSR count). The summed E-state index contributed by atoms with van der Waals surface area (Å²) >= 11 is 0. The molecular formula is C20H16N2O3. The molecule has 1 aliphatic carbocycles. The Hall–Kier alpha value is -3.47. The van der Waals surface area contributed by atoms with Crippen LogP contribution >= 0.6 is 0 Å². The Morgan fingerprint density at radius 3 is 2.24 bits per heavy atom. The number of rotatable bonds is 2. The zero-order valence-electron chi connectivity index (χ0n) is 13.7. The first kappa shape index (κ1) is 16.4. The molecule has 3 aromatic rings. The number of methoxy groups -OCH3 is 1. The first-order valence-corrected chi connectivity index (χ1v) is 7.64. The van der Waals surface area contributed by atoms with Crippen LogP contribution in [0.25, 0.3) is 16.7 Å². The second-order valence-electron chi connectivity index (χ2n) is 5.38. The van der Waals surface area contributed by atoms with Gasteiger partial charge < -0.3 is 4.74 Å². The number of nitro benzene ring substituents is 1. The maximum Gasteiger partial charge on any atom is 0.270 e. The minimum Gasteiger partial charge on any atom is -0.481 e. The van der Waals surface area contributed by atoms with Crippen LogP contribution in [-0.4, -0.2) is 17.0 Å². The van der Waals surface area contributed by atoms with Gasteiger partial charge in [0.1, 0.15) is 0 Å². The largest absolute Gasteiger partial charge is 0.481 e. The molecule has 25 heavy (non-hydrogen) atoms. The number of fused-ring (bicyclic) bond motifs is 3. The van der Waals surface area contributed by atoms with Gasteiger partial charge in [-0.2, -0.15) is 0 Å². The van der Waals surface area contributed by atoms with E-state index in [2.05, 4.69) is 11.6 Å². The van der Waals surface area contributed by atoms with Crippen LogP contribution in [0.3, 0.4) is 0 Å². The molecule has 0 spiro atoms. The SMILES string of the molecule is C=C1c2ccccc2-c2ccc([N+](=O)[O-])cc21.COc1ccccn1. The highest BCUT2D eigenvalue weighted by molar-refractivity contribution is 6.00. The molecule has 0 amide bonds. The Balaban J connectivity index is 0.000000192. The van der Waals surface area contributed by atoms with Crippen molar-refractivity contribution in [3.63, 3.8) is 0 Å². The van der Waals surface area contributed by atoms with E-state index < -0.39 is 0 Å². The molecule has 1 aliphatic rings. The highest BCUT2D eigenvalue weighted by Crippen LogP contribution is 2.44. The molecule has 5 heteroatoms. The summed E-state index contributed by atoms with van der Waals surface area (Å²) in [7, 11) is 1.60. The summed E-state index contributed by atoms with van der Waals surface area (Å²) in [5, 5.41) is 10.8. The topological polar surface area (TPSA) is 65.3 Å². The van der Waals surface area contributed by atoms with Crippen LogP contribution in [0.5, 0.6) is 5.88 Å². The van der Waals surface area contributed by atoms with Gasteiger partial charge in [-0.3, -0.25) is 10.1 Å². The number of nitrogens with zero attached hydrogens (tertiary/aromatic N) is 2. The summed E-state index contributed by atoms with van der Waals surface area (Å²) in [4.78, 5) is 14.3. The maximum absolute atomic E-state index is 10.8. The molecule has 2 aromatic carbocycles. The van der Waals surface area contributed by atoms with Gasteiger partial charge in [0, 0.05) is 24.4 Å². The van der Waals surface area contributed by atoms with Crippen molar-refractivity contribution in [1.29, 1.82) is 0 Å². The number of pyridine rings is 1. The van der Waals surface area contributed by atoms with Crippen molar-refractivity contribution in [1.82, 2.24) is 4.98 Å². The first-order valence-electron chi connectivity index (χ1n) is 7.64. The maximum atomic E-state index is 10.8. The van der Waals surface area contributed by atoms with E-state index in [1.165, 1.54) is 6.07 Å². The van der Waals surface area contributed by atoms with Crippen LogP contribution in [0, 0.1) is 10.1 Å². The number of hydrogen-bond acceptors (Lipinski definition) is 4. The monoisotopic (exact) mass is 332 g/mol. The molecule has 124 valence electrons. The van der Waals surface area contributed by atoms with Crippen molar-refractivity contribution in [2.45, 2.75) is 0 Å². The third kappa shape index (κ3) is 3.26. The Bertz CT molecular complexity index is 937. The average Bonchev–Trinajstić information content (AvgIpc) is 2.95. The molecule has 1 aromatic heterocycles. The summed E-state index contributed by atoms with van der Waals surface area (Å²) in [6, 6.07) is 18.4. The molecule has 1 heterocycles. The second-order valence-corrected chi connectivity index (χ2v) is 5.38. The summed E-state index contributed by atoms with van der Waals surface area (Å²) in [5.41, 5.74) is 5.01. The van der Waals surface area contributed by atoms with Gasteiger partial charge in [0.15, 0.2) is 0 Å². The van der Waals surface area contributed by atoms with Crippen molar-refractivity contribution in [2.24, 2.45) is 0 Å². The molecule has 0 bridgehead atoms. The quantitative estimate of drug-likeness (QED) is 0.393. The molecular weight excluding hydrogens is 316 g/mol. The lowest BCUT2D eigenvalue weighted by Crippen LogP contribution is -1.89.